The molecule has 0 radical (unpaired) electrons. The molecule has 0 amide bonds. The Morgan fingerprint density at radius 2 is 0.857 bits per heavy atom. The average Bonchev–Trinajstić information content (AvgIpc) is 2.12. The fourth-order valence-electron chi connectivity index (χ4n) is 0.0454. The van der Waals surface area contributed by atoms with Gasteiger partial charge in [0.15, 0.2) is 0 Å². The van der Waals surface area contributed by atoms with Gasteiger partial charge in [0, 0.05) is 0 Å². The summed E-state index contributed by atoms with van der Waals surface area (Å²) in [5.74, 6) is 0. The minimum atomic E-state index is 0. The Morgan fingerprint density at radius 1 is 0.714 bits per heavy atom. The Hall–Kier alpha value is -1.25. The molecule has 0 heterocycles. The second kappa shape index (κ2) is 60.1. The molecule has 14 heteroatoms. The van der Waals surface area contributed by atoms with Crippen molar-refractivity contribution in [3.8, 4) is 0 Å². The van der Waals surface area contributed by atoms with E-state index in [4.69, 9.17) is 24.0 Å². The van der Waals surface area contributed by atoms with Gasteiger partial charge in [0.05, 0.1) is 0 Å². The van der Waals surface area contributed by atoms with Gasteiger partial charge in [-0.15, -0.1) is 0 Å². The predicted molar refractivity (Wildman–Crippen MR) is 42.6 cm³/mol. The molecule has 0 aromatic rings. The summed E-state index contributed by atoms with van der Waals surface area (Å²) >= 11 is 0. The number of hydrogen-bond acceptors (Lipinski definition) is 7. The fraction of sp³-hybridized carbons (Fsp3) is 0. The van der Waals surface area contributed by atoms with Crippen LogP contribution in [0.5, 0.6) is 0 Å². The molecule has 0 fully saturated rings. The average molecular weight is 200 g/mol. The summed E-state index contributed by atoms with van der Waals surface area (Å²) in [6.45, 7) is 0. The summed E-state index contributed by atoms with van der Waals surface area (Å²) in [5, 5.41) is 6.50. The maximum atomic E-state index is 8.95. The van der Waals surface area contributed by atoms with Gasteiger partial charge in [0.2, 0.25) is 0 Å². The molecule has 0 aliphatic heterocycles. The van der Waals surface area contributed by atoms with Crippen molar-refractivity contribution < 1.29 is 38.9 Å². The van der Waals surface area contributed by atoms with Crippen LogP contribution in [0.1, 0.15) is 0 Å². The van der Waals surface area contributed by atoms with Crippen LogP contribution in [0.15, 0.2) is 0 Å². The summed E-state index contributed by atoms with van der Waals surface area (Å²) in [4.78, 5) is 0. The maximum absolute atomic E-state index is 8.95. The van der Waals surface area contributed by atoms with E-state index in [1.807, 2.05) is 0 Å². The predicted octanol–water partition coefficient (Wildman–Crippen LogP) is -4.15. The van der Waals surface area contributed by atoms with Crippen molar-refractivity contribution >= 4 is 36.9 Å². The Kier molecular flexibility index (Phi) is 126. The zero-order valence-corrected chi connectivity index (χ0v) is 6.78. The first-order valence-corrected chi connectivity index (χ1v) is 2.14. The van der Waals surface area contributed by atoms with E-state index in [2.05, 4.69) is 16.6 Å². The molecule has 0 aromatic heterocycles. The SMILES string of the molecule is B#N.O.O.O=BOB=O.O=BOB=O. The molecule has 0 saturated carbocycles. The van der Waals surface area contributed by atoms with Gasteiger partial charge < -0.3 is 11.0 Å². The van der Waals surface area contributed by atoms with E-state index in [9.17, 15) is 0 Å². The molecule has 0 saturated heterocycles. The monoisotopic (exact) mass is 201 g/mol. The van der Waals surface area contributed by atoms with Crippen LogP contribution in [-0.2, 0) is 28.0 Å². The standard InChI is InChI=1S/2B2O3.BN.2H2O/c2*3-1-5-2-4;1-2;;/h;;;2*1H2. The van der Waals surface area contributed by atoms with Crippen molar-refractivity contribution in [1.82, 2.24) is 0 Å². The second-order valence-corrected chi connectivity index (χ2v) is 0.657. The van der Waals surface area contributed by atoms with E-state index in [0.717, 1.165) is 0 Å². The van der Waals surface area contributed by atoms with Crippen LogP contribution < -0.4 is 0 Å². The Labute approximate surface area is 81.9 Å². The molecule has 0 rings (SSSR count). The first kappa shape index (κ1) is 29.3. The van der Waals surface area contributed by atoms with E-state index in [-0.39, 0.29) is 40.4 Å². The molecule has 72 valence electrons. The zero-order chi connectivity index (χ0) is 10.2. The fourth-order valence-corrected chi connectivity index (χ4v) is 0.0454. The summed E-state index contributed by atoms with van der Waals surface area (Å²) in [5.41, 5.74) is 0. The van der Waals surface area contributed by atoms with E-state index in [1.54, 1.807) is 0 Å². The first-order chi connectivity index (χ1) is 5.83. The number of nitrogens with zero attached hydrogens (tertiary/aromatic N) is 1. The Bertz CT molecular complexity index is 118. The van der Waals surface area contributed by atoms with Crippen LogP contribution in [0.2, 0.25) is 0 Å². The van der Waals surface area contributed by atoms with Crippen LogP contribution in [0.25, 0.3) is 0 Å². The number of rotatable bonds is 4. The van der Waals surface area contributed by atoms with Gasteiger partial charge in [-0.25, -0.2) is 0 Å². The van der Waals surface area contributed by atoms with Gasteiger partial charge in [0.25, 0.3) is 0 Å². The summed E-state index contributed by atoms with van der Waals surface area (Å²) < 4.78 is 42.8. The molecule has 4 N–H and O–H groups in total. The van der Waals surface area contributed by atoms with E-state index < -0.39 is 0 Å². The second-order valence-electron chi connectivity index (χ2n) is 0.657. The van der Waals surface area contributed by atoms with Crippen LogP contribution in [0, 0.1) is 5.16 Å². The van der Waals surface area contributed by atoms with Crippen LogP contribution >= 0.6 is 0 Å². The molecule has 0 atom stereocenters. The molecular weight excluding hydrogens is 196 g/mol. The van der Waals surface area contributed by atoms with Crippen molar-refractivity contribution in [3.05, 3.63) is 0 Å². The van der Waals surface area contributed by atoms with Gasteiger partial charge in [-0.05, 0) is 0 Å². The Morgan fingerprint density at radius 3 is 0.857 bits per heavy atom. The topological polar surface area (TPSA) is 174 Å². The van der Waals surface area contributed by atoms with Gasteiger partial charge >= 0.3 is 70.0 Å². The zero-order valence-electron chi connectivity index (χ0n) is 6.78. The molecule has 0 unspecified atom stereocenters. The minimum absolute atomic E-state index is 0. The molecule has 0 spiro atoms. The van der Waals surface area contributed by atoms with Crippen molar-refractivity contribution in [2.45, 2.75) is 0 Å². The molecule has 9 nitrogen and oxygen atoms in total. The third-order valence-electron chi connectivity index (χ3n) is 0.222. The van der Waals surface area contributed by atoms with Gasteiger partial charge in [-0.1, -0.05) is 0 Å². The molecule has 0 aromatic carbocycles. The van der Waals surface area contributed by atoms with Crippen molar-refractivity contribution in [2.75, 3.05) is 0 Å². The summed E-state index contributed by atoms with van der Waals surface area (Å²) in [7, 11) is 3.75. The van der Waals surface area contributed by atoms with E-state index in [0.29, 0.717) is 0 Å². The number of hydrogen-bond donors (Lipinski definition) is 0. The molecular formula is H4B5NO8. The van der Waals surface area contributed by atoms with E-state index in [1.165, 1.54) is 0 Å². The van der Waals surface area contributed by atoms with Gasteiger partial charge in [-0.3, -0.25) is 0 Å². The van der Waals surface area contributed by atoms with Gasteiger partial charge in [-0.2, -0.15) is 0 Å². The first-order valence-electron chi connectivity index (χ1n) is 2.14. The van der Waals surface area contributed by atoms with Crippen molar-refractivity contribution in [1.29, 1.82) is 5.16 Å². The normalized spacial score (nSPS) is 3.21. The molecule has 0 aliphatic rings. The van der Waals surface area contributed by atoms with Crippen LogP contribution in [0.4, 0.5) is 0 Å². The Balaban J connectivity index is -0.0000000292. The van der Waals surface area contributed by atoms with E-state index >= 15 is 0 Å². The van der Waals surface area contributed by atoms with Gasteiger partial charge in [0.1, 0.15) is 0 Å². The van der Waals surface area contributed by atoms with Crippen molar-refractivity contribution in [2.24, 2.45) is 0 Å². The van der Waals surface area contributed by atoms with Crippen LogP contribution in [0.3, 0.4) is 0 Å². The molecule has 0 bridgehead atoms. The molecule has 14 heavy (non-hydrogen) atoms. The quantitative estimate of drug-likeness (QED) is 0.413. The third-order valence-corrected chi connectivity index (χ3v) is 0.222. The summed E-state index contributed by atoms with van der Waals surface area (Å²) in [6.07, 6.45) is 0. The third kappa shape index (κ3) is 135. The van der Waals surface area contributed by atoms with Crippen LogP contribution in [-0.4, -0.2) is 47.9 Å². The molecule has 0 aliphatic carbocycles. The van der Waals surface area contributed by atoms with Crippen molar-refractivity contribution in [3.63, 3.8) is 0 Å². The summed E-state index contributed by atoms with van der Waals surface area (Å²) in [6, 6.07) is 0.